The number of aromatic amines is 1. The van der Waals surface area contributed by atoms with Crippen LogP contribution in [0.4, 0.5) is 5.82 Å². The van der Waals surface area contributed by atoms with Crippen molar-refractivity contribution in [1.29, 1.82) is 5.26 Å². The Morgan fingerprint density at radius 1 is 1.54 bits per heavy atom. The molecule has 24 heavy (non-hydrogen) atoms. The Morgan fingerprint density at radius 2 is 2.38 bits per heavy atom. The van der Waals surface area contributed by atoms with Crippen LogP contribution in [0.25, 0.3) is 11.0 Å². The van der Waals surface area contributed by atoms with E-state index in [1.54, 1.807) is 6.33 Å². The molecule has 7 heteroatoms. The number of aromatic nitrogens is 3. The lowest BCUT2D eigenvalue weighted by Crippen LogP contribution is -2.49. The number of hydrogen-bond acceptors (Lipinski definition) is 5. The van der Waals surface area contributed by atoms with Crippen molar-refractivity contribution in [2.75, 3.05) is 25.0 Å². The van der Waals surface area contributed by atoms with Gasteiger partial charge in [-0.25, -0.2) is 9.97 Å². The standard InChI is InChI=1S/C17H20N6O/c1-22(16-12-4-8-19-15(12)20-11-21-16)13-9-23(14(24)3-7-18)10-17(13)5-2-6-17/h4,8,11,13H,2-3,5-6,9-10H2,1H3,(H,19,20,21)/t13-/m0/s1. The summed E-state index contributed by atoms with van der Waals surface area (Å²) in [5, 5.41) is 9.81. The van der Waals surface area contributed by atoms with Gasteiger partial charge in [-0.1, -0.05) is 6.42 Å². The molecular weight excluding hydrogens is 304 g/mol. The summed E-state index contributed by atoms with van der Waals surface area (Å²) in [5.74, 6) is 0.835. The second-order valence-corrected chi connectivity index (χ2v) is 6.89. The fourth-order valence-electron chi connectivity index (χ4n) is 4.26. The van der Waals surface area contributed by atoms with Crippen molar-refractivity contribution in [2.45, 2.75) is 31.7 Å². The molecule has 2 aliphatic rings. The fourth-order valence-corrected chi connectivity index (χ4v) is 4.26. The van der Waals surface area contributed by atoms with Crippen LogP contribution < -0.4 is 4.90 Å². The van der Waals surface area contributed by atoms with E-state index in [0.717, 1.165) is 36.2 Å². The molecule has 2 fully saturated rings. The van der Waals surface area contributed by atoms with Crippen LogP contribution in [0.15, 0.2) is 18.6 Å². The Morgan fingerprint density at radius 3 is 3.08 bits per heavy atom. The summed E-state index contributed by atoms with van der Waals surface area (Å²) in [5.41, 5.74) is 0.956. The second-order valence-electron chi connectivity index (χ2n) is 6.89. The summed E-state index contributed by atoms with van der Waals surface area (Å²) in [6.45, 7) is 1.41. The Kier molecular flexibility index (Phi) is 3.41. The topological polar surface area (TPSA) is 88.9 Å². The molecule has 0 unspecified atom stereocenters. The highest BCUT2D eigenvalue weighted by atomic mass is 16.2. The Balaban J connectivity index is 1.65. The Hall–Kier alpha value is -2.62. The number of hydrogen-bond donors (Lipinski definition) is 1. The van der Waals surface area contributed by atoms with E-state index in [4.69, 9.17) is 5.26 Å². The molecule has 1 atom stereocenters. The van der Waals surface area contributed by atoms with E-state index in [0.29, 0.717) is 6.54 Å². The molecule has 1 aliphatic heterocycles. The van der Waals surface area contributed by atoms with Gasteiger partial charge in [-0.2, -0.15) is 5.26 Å². The lowest BCUT2D eigenvalue weighted by Gasteiger charge is -2.46. The highest BCUT2D eigenvalue weighted by Crippen LogP contribution is 2.50. The molecule has 3 heterocycles. The summed E-state index contributed by atoms with van der Waals surface area (Å²) in [4.78, 5) is 28.1. The van der Waals surface area contributed by atoms with Crippen LogP contribution in [0.3, 0.4) is 0 Å². The summed E-state index contributed by atoms with van der Waals surface area (Å²) in [6, 6.07) is 4.19. The third-order valence-electron chi connectivity index (χ3n) is 5.67. The van der Waals surface area contributed by atoms with Crippen molar-refractivity contribution >= 4 is 22.8 Å². The lowest BCUT2D eigenvalue weighted by molar-refractivity contribution is -0.129. The third-order valence-corrected chi connectivity index (χ3v) is 5.67. The molecule has 4 rings (SSSR count). The van der Waals surface area contributed by atoms with Gasteiger partial charge in [0, 0.05) is 31.7 Å². The first-order chi connectivity index (χ1) is 11.6. The van der Waals surface area contributed by atoms with Crippen LogP contribution in [0.5, 0.6) is 0 Å². The third kappa shape index (κ3) is 2.13. The number of nitrogens with one attached hydrogen (secondary N) is 1. The summed E-state index contributed by atoms with van der Waals surface area (Å²) in [7, 11) is 2.05. The SMILES string of the molecule is CN(c1ncnc2[nH]ccc12)[C@H]1CN(C(=O)CC#N)CC12CCC2. The smallest absolute Gasteiger partial charge is 0.236 e. The first kappa shape index (κ1) is 14.9. The van der Waals surface area contributed by atoms with Crippen molar-refractivity contribution < 1.29 is 4.79 Å². The monoisotopic (exact) mass is 324 g/mol. The summed E-state index contributed by atoms with van der Waals surface area (Å²) < 4.78 is 0. The van der Waals surface area contributed by atoms with Crippen molar-refractivity contribution in [3.8, 4) is 6.07 Å². The minimum Gasteiger partial charge on any atom is -0.354 e. The Labute approximate surface area is 140 Å². The molecule has 0 bridgehead atoms. The molecule has 0 radical (unpaired) electrons. The zero-order chi connectivity index (χ0) is 16.7. The molecular formula is C17H20N6O. The van der Waals surface area contributed by atoms with E-state index in [1.165, 1.54) is 6.42 Å². The maximum atomic E-state index is 12.2. The van der Waals surface area contributed by atoms with Crippen LogP contribution in [0, 0.1) is 16.7 Å². The van der Waals surface area contributed by atoms with Gasteiger partial charge in [0.1, 0.15) is 24.2 Å². The highest BCUT2D eigenvalue weighted by Gasteiger charge is 2.53. The minimum atomic E-state index is -0.0610. The fraction of sp³-hybridized carbons (Fsp3) is 0.529. The number of rotatable bonds is 3. The molecule has 0 aromatic carbocycles. The largest absolute Gasteiger partial charge is 0.354 e. The number of fused-ring (bicyclic) bond motifs is 1. The van der Waals surface area contributed by atoms with Gasteiger partial charge < -0.3 is 14.8 Å². The number of likely N-dealkylation sites (tertiary alicyclic amines) is 1. The van der Waals surface area contributed by atoms with Gasteiger partial charge in [-0.3, -0.25) is 4.79 Å². The zero-order valence-electron chi connectivity index (χ0n) is 13.7. The first-order valence-corrected chi connectivity index (χ1v) is 8.30. The normalized spacial score (nSPS) is 21.7. The number of H-pyrrole nitrogens is 1. The average molecular weight is 324 g/mol. The predicted octanol–water partition coefficient (Wildman–Crippen LogP) is 1.69. The van der Waals surface area contributed by atoms with E-state index in [-0.39, 0.29) is 23.8 Å². The van der Waals surface area contributed by atoms with Crippen LogP contribution in [-0.4, -0.2) is 51.9 Å². The lowest BCUT2D eigenvalue weighted by atomic mass is 9.65. The molecule has 2 aromatic heterocycles. The van der Waals surface area contributed by atoms with E-state index in [1.807, 2.05) is 23.2 Å². The number of nitriles is 1. The molecule has 1 N–H and O–H groups in total. The highest BCUT2D eigenvalue weighted by molar-refractivity contribution is 5.87. The molecule has 1 saturated carbocycles. The Bertz CT molecular complexity index is 818. The predicted molar refractivity (Wildman–Crippen MR) is 89.2 cm³/mol. The molecule has 2 aromatic rings. The zero-order valence-corrected chi connectivity index (χ0v) is 13.7. The second kappa shape index (κ2) is 5.48. The number of likely N-dealkylation sites (N-methyl/N-ethyl adjacent to an activating group) is 1. The maximum Gasteiger partial charge on any atom is 0.236 e. The number of anilines is 1. The molecule has 124 valence electrons. The summed E-state index contributed by atoms with van der Waals surface area (Å²) >= 11 is 0. The molecule has 1 amide bonds. The number of carbonyl (C=O) groups excluding carboxylic acids is 1. The van der Waals surface area contributed by atoms with E-state index in [9.17, 15) is 4.79 Å². The average Bonchev–Trinajstić information content (AvgIpc) is 3.18. The first-order valence-electron chi connectivity index (χ1n) is 8.30. The van der Waals surface area contributed by atoms with Crippen LogP contribution in [0.2, 0.25) is 0 Å². The van der Waals surface area contributed by atoms with E-state index >= 15 is 0 Å². The van der Waals surface area contributed by atoms with Gasteiger partial charge >= 0.3 is 0 Å². The van der Waals surface area contributed by atoms with Gasteiger partial charge in [0.05, 0.1) is 17.5 Å². The van der Waals surface area contributed by atoms with Crippen LogP contribution in [-0.2, 0) is 4.79 Å². The quantitative estimate of drug-likeness (QED) is 0.928. The van der Waals surface area contributed by atoms with Crippen molar-refractivity contribution in [3.63, 3.8) is 0 Å². The van der Waals surface area contributed by atoms with Crippen LogP contribution >= 0.6 is 0 Å². The van der Waals surface area contributed by atoms with Gasteiger partial charge in [-0.05, 0) is 18.9 Å². The molecule has 1 aliphatic carbocycles. The van der Waals surface area contributed by atoms with Crippen molar-refractivity contribution in [3.05, 3.63) is 18.6 Å². The van der Waals surface area contributed by atoms with Crippen LogP contribution in [0.1, 0.15) is 25.7 Å². The number of carbonyl (C=O) groups is 1. The maximum absolute atomic E-state index is 12.2. The van der Waals surface area contributed by atoms with E-state index < -0.39 is 0 Å². The van der Waals surface area contributed by atoms with E-state index in [2.05, 4.69) is 26.9 Å². The van der Waals surface area contributed by atoms with Crippen molar-refractivity contribution in [1.82, 2.24) is 19.9 Å². The van der Waals surface area contributed by atoms with Gasteiger partial charge in [0.15, 0.2) is 0 Å². The van der Waals surface area contributed by atoms with Gasteiger partial charge in [-0.15, -0.1) is 0 Å². The minimum absolute atomic E-state index is 0.0396. The van der Waals surface area contributed by atoms with Gasteiger partial charge in [0.2, 0.25) is 5.91 Å². The molecule has 1 spiro atoms. The van der Waals surface area contributed by atoms with Crippen molar-refractivity contribution in [2.24, 2.45) is 5.41 Å². The molecule has 7 nitrogen and oxygen atoms in total. The number of nitrogens with zero attached hydrogens (tertiary/aromatic N) is 5. The summed E-state index contributed by atoms with van der Waals surface area (Å²) in [6.07, 6.45) is 6.86. The number of amides is 1. The molecule has 1 saturated heterocycles. The van der Waals surface area contributed by atoms with Gasteiger partial charge in [0.25, 0.3) is 0 Å².